The monoisotopic (exact) mass is 405 g/mol. The van der Waals surface area contributed by atoms with Gasteiger partial charge in [-0.25, -0.2) is 9.78 Å². The molecule has 5 nitrogen and oxygen atoms in total. The zero-order valence-corrected chi connectivity index (χ0v) is 17.4. The van der Waals surface area contributed by atoms with Crippen LogP contribution in [-0.2, 0) is 20.7 Å². The Morgan fingerprint density at radius 3 is 2.57 bits per heavy atom. The topological polar surface area (TPSA) is 57.7 Å². The summed E-state index contributed by atoms with van der Waals surface area (Å²) in [5, 5.41) is 1.13. The van der Waals surface area contributed by atoms with Crippen molar-refractivity contribution in [3.8, 4) is 5.75 Å². The molecular formula is C25H27NO4. The highest BCUT2D eigenvalue weighted by molar-refractivity contribution is 5.79. The summed E-state index contributed by atoms with van der Waals surface area (Å²) in [6.45, 7) is 4.90. The average molecular weight is 405 g/mol. The Labute approximate surface area is 177 Å². The predicted molar refractivity (Wildman–Crippen MR) is 118 cm³/mol. The van der Waals surface area contributed by atoms with Gasteiger partial charge in [-0.2, -0.15) is 0 Å². The van der Waals surface area contributed by atoms with Crippen molar-refractivity contribution in [3.63, 3.8) is 0 Å². The Hall–Kier alpha value is -3.18. The molecule has 1 aromatic heterocycles. The minimum Gasteiger partial charge on any atom is -0.490 e. The highest BCUT2D eigenvalue weighted by Gasteiger charge is 2.20. The molecule has 0 aliphatic carbocycles. The average Bonchev–Trinajstić information content (AvgIpc) is 2.77. The van der Waals surface area contributed by atoms with Gasteiger partial charge in [-0.3, -0.25) is 0 Å². The number of fused-ring (bicyclic) bond motifs is 1. The fraction of sp³-hybridized carbons (Fsp3) is 0.280. The number of nitrogens with zero attached hydrogens (tertiary/aromatic N) is 1. The number of carbonyl (C=O) groups is 1. The van der Waals surface area contributed by atoms with Crippen molar-refractivity contribution in [2.45, 2.75) is 26.4 Å². The number of pyridine rings is 1. The van der Waals surface area contributed by atoms with Gasteiger partial charge in [-0.05, 0) is 55.8 Å². The maximum atomic E-state index is 12.0. The highest BCUT2D eigenvalue weighted by Crippen LogP contribution is 2.16. The van der Waals surface area contributed by atoms with E-state index in [9.17, 15) is 4.79 Å². The molecule has 5 heteroatoms. The fourth-order valence-electron chi connectivity index (χ4n) is 3.07. The Morgan fingerprint density at radius 1 is 1.00 bits per heavy atom. The number of esters is 1. The Morgan fingerprint density at radius 2 is 1.80 bits per heavy atom. The summed E-state index contributed by atoms with van der Waals surface area (Å²) >= 11 is 0. The van der Waals surface area contributed by atoms with Crippen molar-refractivity contribution in [2.24, 2.45) is 0 Å². The normalized spacial score (nSPS) is 12.2. The van der Waals surface area contributed by atoms with Gasteiger partial charge in [0.05, 0.1) is 17.8 Å². The Kier molecular flexibility index (Phi) is 7.98. The van der Waals surface area contributed by atoms with E-state index in [2.05, 4.69) is 11.1 Å². The van der Waals surface area contributed by atoms with E-state index in [4.69, 9.17) is 14.2 Å². The lowest BCUT2D eigenvalue weighted by molar-refractivity contribution is -0.156. The van der Waals surface area contributed by atoms with Crippen molar-refractivity contribution in [3.05, 3.63) is 78.0 Å². The number of hydrogen-bond acceptors (Lipinski definition) is 5. The number of para-hydroxylation sites is 1. The summed E-state index contributed by atoms with van der Waals surface area (Å²) in [5.41, 5.74) is 2.86. The van der Waals surface area contributed by atoms with Crippen molar-refractivity contribution in [1.82, 2.24) is 4.98 Å². The molecule has 0 saturated heterocycles. The molecule has 0 amide bonds. The van der Waals surface area contributed by atoms with Crippen LogP contribution >= 0.6 is 0 Å². The molecule has 1 unspecified atom stereocenters. The molecule has 0 radical (unpaired) electrons. The number of benzene rings is 2. The molecule has 0 N–H and O–H groups in total. The number of hydrogen-bond donors (Lipinski definition) is 0. The van der Waals surface area contributed by atoms with Crippen LogP contribution in [0.4, 0.5) is 0 Å². The molecule has 3 aromatic rings. The van der Waals surface area contributed by atoms with Gasteiger partial charge >= 0.3 is 5.97 Å². The maximum Gasteiger partial charge on any atom is 0.335 e. The third-order valence-corrected chi connectivity index (χ3v) is 4.52. The van der Waals surface area contributed by atoms with E-state index in [0.29, 0.717) is 26.2 Å². The first-order valence-electron chi connectivity index (χ1n) is 10.2. The van der Waals surface area contributed by atoms with Crippen LogP contribution in [0.3, 0.4) is 0 Å². The lowest BCUT2D eigenvalue weighted by Crippen LogP contribution is -2.28. The molecule has 3 rings (SSSR count). The van der Waals surface area contributed by atoms with Crippen LogP contribution in [0.2, 0.25) is 0 Å². The largest absolute Gasteiger partial charge is 0.490 e. The summed E-state index contributed by atoms with van der Waals surface area (Å²) in [5.74, 6) is 0.436. The van der Waals surface area contributed by atoms with E-state index >= 15 is 0 Å². The molecule has 1 atom stereocenters. The molecule has 0 bridgehead atoms. The van der Waals surface area contributed by atoms with E-state index in [1.807, 2.05) is 73.7 Å². The molecule has 0 fully saturated rings. The predicted octanol–water partition coefficient (Wildman–Crippen LogP) is 4.84. The summed E-state index contributed by atoms with van der Waals surface area (Å²) in [6.07, 6.45) is 3.78. The van der Waals surface area contributed by atoms with Gasteiger partial charge in [-0.1, -0.05) is 36.4 Å². The zero-order valence-electron chi connectivity index (χ0n) is 17.4. The first kappa shape index (κ1) is 21.5. The van der Waals surface area contributed by atoms with E-state index in [1.54, 1.807) is 6.92 Å². The quantitative estimate of drug-likeness (QED) is 0.452. The molecule has 1 heterocycles. The Balaban J connectivity index is 1.52. The standard InChI is InChI=1S/C25H27NO4/c1-3-28-24(25(27)29-4-2)18-19-11-15-22(16-12-19)30-17-7-9-21-14-13-20-8-5-6-10-23(20)26-21/h5-16,24H,3-4,17-18H2,1-2H3. The van der Waals surface area contributed by atoms with Gasteiger partial charge in [0.1, 0.15) is 12.4 Å². The van der Waals surface area contributed by atoms with Gasteiger partial charge in [0, 0.05) is 18.4 Å². The smallest absolute Gasteiger partial charge is 0.335 e. The molecular weight excluding hydrogens is 378 g/mol. The molecule has 0 aliphatic rings. The summed E-state index contributed by atoms with van der Waals surface area (Å²) in [4.78, 5) is 16.6. The van der Waals surface area contributed by atoms with E-state index < -0.39 is 6.10 Å². The second kappa shape index (κ2) is 11.1. The van der Waals surface area contributed by atoms with Gasteiger partial charge in [0.15, 0.2) is 6.10 Å². The number of ether oxygens (including phenoxy) is 3. The van der Waals surface area contributed by atoms with E-state index in [0.717, 1.165) is 27.9 Å². The summed E-state index contributed by atoms with van der Waals surface area (Å²) < 4.78 is 16.4. The molecule has 2 aromatic carbocycles. The van der Waals surface area contributed by atoms with Crippen molar-refractivity contribution in [1.29, 1.82) is 0 Å². The number of rotatable bonds is 10. The van der Waals surface area contributed by atoms with Crippen LogP contribution in [0, 0.1) is 0 Å². The van der Waals surface area contributed by atoms with E-state index in [-0.39, 0.29) is 5.97 Å². The van der Waals surface area contributed by atoms with Gasteiger partial charge in [0.2, 0.25) is 0 Å². The second-order valence-electron chi connectivity index (χ2n) is 6.69. The van der Waals surface area contributed by atoms with Crippen LogP contribution in [0.15, 0.2) is 66.7 Å². The van der Waals surface area contributed by atoms with Crippen molar-refractivity contribution >= 4 is 22.9 Å². The van der Waals surface area contributed by atoms with Crippen LogP contribution in [0.25, 0.3) is 17.0 Å². The van der Waals surface area contributed by atoms with Crippen LogP contribution in [0.5, 0.6) is 5.75 Å². The lowest BCUT2D eigenvalue weighted by atomic mass is 10.1. The highest BCUT2D eigenvalue weighted by atomic mass is 16.6. The van der Waals surface area contributed by atoms with Gasteiger partial charge in [0.25, 0.3) is 0 Å². The first-order valence-corrected chi connectivity index (χ1v) is 10.2. The van der Waals surface area contributed by atoms with Crippen molar-refractivity contribution < 1.29 is 19.0 Å². The molecule has 0 aliphatic heterocycles. The fourth-order valence-corrected chi connectivity index (χ4v) is 3.07. The molecule has 156 valence electrons. The summed E-state index contributed by atoms with van der Waals surface area (Å²) in [6, 6.07) is 19.8. The van der Waals surface area contributed by atoms with Crippen LogP contribution in [0.1, 0.15) is 25.1 Å². The number of aromatic nitrogens is 1. The van der Waals surface area contributed by atoms with Crippen LogP contribution in [-0.4, -0.2) is 36.9 Å². The summed E-state index contributed by atoms with van der Waals surface area (Å²) in [7, 11) is 0. The zero-order chi connectivity index (χ0) is 21.2. The lowest BCUT2D eigenvalue weighted by Gasteiger charge is -2.15. The maximum absolute atomic E-state index is 12.0. The first-order chi connectivity index (χ1) is 14.7. The molecule has 0 saturated carbocycles. The molecule has 30 heavy (non-hydrogen) atoms. The van der Waals surface area contributed by atoms with Gasteiger partial charge < -0.3 is 14.2 Å². The SMILES string of the molecule is CCOC(=O)C(Cc1ccc(OCC=Cc2ccc3ccccc3n2)cc1)OCC. The minimum atomic E-state index is -0.584. The van der Waals surface area contributed by atoms with Crippen LogP contribution < -0.4 is 4.74 Å². The van der Waals surface area contributed by atoms with Crippen molar-refractivity contribution in [2.75, 3.05) is 19.8 Å². The third kappa shape index (κ3) is 6.16. The van der Waals surface area contributed by atoms with Gasteiger partial charge in [-0.15, -0.1) is 0 Å². The third-order valence-electron chi connectivity index (χ3n) is 4.52. The molecule has 0 spiro atoms. The minimum absolute atomic E-state index is 0.327. The Bertz CT molecular complexity index is 982. The second-order valence-corrected chi connectivity index (χ2v) is 6.69. The van der Waals surface area contributed by atoms with E-state index in [1.165, 1.54) is 0 Å². The number of carbonyl (C=O) groups excluding carboxylic acids is 1.